The van der Waals surface area contributed by atoms with Crippen LogP contribution >= 0.6 is 0 Å². The first-order chi connectivity index (χ1) is 14.2. The van der Waals surface area contributed by atoms with Crippen molar-refractivity contribution in [3.8, 4) is 5.75 Å². The van der Waals surface area contributed by atoms with Crippen LogP contribution in [0.25, 0.3) is 0 Å². The highest BCUT2D eigenvalue weighted by Crippen LogP contribution is 2.19. The van der Waals surface area contributed by atoms with Gasteiger partial charge in [0.25, 0.3) is 0 Å². The van der Waals surface area contributed by atoms with Gasteiger partial charge in [0.2, 0.25) is 15.9 Å². The highest BCUT2D eigenvalue weighted by Gasteiger charge is 2.27. The summed E-state index contributed by atoms with van der Waals surface area (Å²) in [6, 6.07) is 8.91. The van der Waals surface area contributed by atoms with Crippen LogP contribution < -0.4 is 14.8 Å². The van der Waals surface area contributed by atoms with Gasteiger partial charge in [-0.25, -0.2) is 22.3 Å². The minimum atomic E-state index is -3.82. The molecule has 1 atom stereocenters. The van der Waals surface area contributed by atoms with E-state index in [2.05, 4.69) is 10.0 Å². The van der Waals surface area contributed by atoms with Crippen LogP contribution in [0.4, 0.5) is 9.18 Å². The second kappa shape index (κ2) is 8.84. The topological polar surface area (TPSA) is 110 Å². The van der Waals surface area contributed by atoms with Gasteiger partial charge in [-0.3, -0.25) is 10.1 Å². The van der Waals surface area contributed by atoms with Crippen molar-refractivity contribution in [2.24, 2.45) is 7.05 Å². The lowest BCUT2D eigenvalue weighted by Crippen LogP contribution is -2.29. The van der Waals surface area contributed by atoms with Crippen molar-refractivity contribution in [1.29, 1.82) is 0 Å². The van der Waals surface area contributed by atoms with Crippen molar-refractivity contribution in [2.75, 3.05) is 13.2 Å². The number of imide groups is 1. The highest BCUT2D eigenvalue weighted by molar-refractivity contribution is 7.89. The third-order valence-corrected chi connectivity index (χ3v) is 5.99. The van der Waals surface area contributed by atoms with Gasteiger partial charge in [0.1, 0.15) is 25.1 Å². The van der Waals surface area contributed by atoms with Crippen molar-refractivity contribution < 1.29 is 27.1 Å². The molecule has 2 N–H and O–H groups in total. The quantitative estimate of drug-likeness (QED) is 0.574. The van der Waals surface area contributed by atoms with Gasteiger partial charge in [-0.2, -0.15) is 0 Å². The Morgan fingerprint density at radius 3 is 2.63 bits per heavy atom. The molecule has 0 radical (unpaired) electrons. The smallest absolute Gasteiger partial charge is 0.324 e. The first kappa shape index (κ1) is 21.8. The third-order valence-electron chi connectivity index (χ3n) is 4.59. The Morgan fingerprint density at radius 1 is 1.23 bits per heavy atom. The van der Waals surface area contributed by atoms with Crippen LogP contribution in [-0.4, -0.2) is 49.1 Å². The Labute approximate surface area is 173 Å². The zero-order valence-electron chi connectivity index (χ0n) is 16.6. The third kappa shape index (κ3) is 5.16. The van der Waals surface area contributed by atoms with Gasteiger partial charge >= 0.3 is 6.03 Å². The molecule has 2 aromatic rings. The predicted octanol–water partition coefficient (Wildman–Crippen LogP) is 1.29. The van der Waals surface area contributed by atoms with E-state index in [1.165, 1.54) is 30.0 Å². The van der Waals surface area contributed by atoms with Gasteiger partial charge in [0.05, 0.1) is 18.0 Å². The van der Waals surface area contributed by atoms with Gasteiger partial charge in [-0.05, 0) is 31.2 Å². The molecular weight excluding hydrogens is 415 g/mol. The van der Waals surface area contributed by atoms with E-state index in [1.54, 1.807) is 29.8 Å². The van der Waals surface area contributed by atoms with Crippen LogP contribution in [-0.2, 0) is 35.0 Å². The second-order valence-corrected chi connectivity index (χ2v) is 8.74. The molecule has 162 valence electrons. The monoisotopic (exact) mass is 438 g/mol. The van der Waals surface area contributed by atoms with E-state index in [4.69, 9.17) is 4.74 Å². The number of ether oxygens (including phenoxy) is 1. The fourth-order valence-corrected chi connectivity index (χ4v) is 3.97. The predicted molar refractivity (Wildman–Crippen MR) is 106 cm³/mol. The van der Waals surface area contributed by atoms with E-state index in [1.807, 2.05) is 0 Å². The number of alkyl halides is 1. The fraction of sp³-hybridized carbons (Fsp3) is 0.368. The number of hydrogen-bond acceptors (Lipinski definition) is 5. The van der Waals surface area contributed by atoms with E-state index >= 15 is 0 Å². The Bertz CT molecular complexity index is 1050. The van der Waals surface area contributed by atoms with Crippen molar-refractivity contribution >= 4 is 22.0 Å². The van der Waals surface area contributed by atoms with E-state index in [0.717, 1.165) is 5.69 Å². The number of sulfonamides is 1. The largest absolute Gasteiger partial charge is 0.491 e. The lowest BCUT2D eigenvalue weighted by molar-refractivity contribution is -0.118. The summed E-state index contributed by atoms with van der Waals surface area (Å²) in [5, 5.41) is 2.21. The minimum absolute atomic E-state index is 0.00759. The number of hydrogen-bond donors (Lipinski definition) is 2. The summed E-state index contributed by atoms with van der Waals surface area (Å²) in [6.07, 6.45) is -1.17. The van der Waals surface area contributed by atoms with E-state index < -0.39 is 22.2 Å². The average molecular weight is 438 g/mol. The molecule has 0 bridgehead atoms. The zero-order chi connectivity index (χ0) is 21.9. The molecule has 0 saturated carbocycles. The minimum Gasteiger partial charge on any atom is -0.491 e. The molecule has 30 heavy (non-hydrogen) atoms. The maximum atomic E-state index is 12.9. The molecule has 1 saturated heterocycles. The summed E-state index contributed by atoms with van der Waals surface area (Å²) in [5.41, 5.74) is 1.43. The SMILES string of the molecule is CC(F)COc1cccc(S(=O)(=O)NCc2ccc(CN3CC(=O)NC3=O)n2C)c1. The number of carbonyl (C=O) groups is 2. The van der Waals surface area contributed by atoms with Crippen molar-refractivity contribution in [3.05, 3.63) is 47.8 Å². The van der Waals surface area contributed by atoms with Crippen molar-refractivity contribution in [3.63, 3.8) is 0 Å². The number of carbonyl (C=O) groups excluding carboxylic acids is 2. The molecule has 1 aliphatic heterocycles. The first-order valence-corrected chi connectivity index (χ1v) is 10.7. The number of halogens is 1. The van der Waals surface area contributed by atoms with E-state index in [9.17, 15) is 22.4 Å². The lowest BCUT2D eigenvalue weighted by Gasteiger charge is -2.15. The lowest BCUT2D eigenvalue weighted by atomic mass is 10.3. The summed E-state index contributed by atoms with van der Waals surface area (Å²) in [4.78, 5) is 24.4. The van der Waals surface area contributed by atoms with Crippen LogP contribution in [0, 0.1) is 0 Å². The molecule has 0 aliphatic carbocycles. The van der Waals surface area contributed by atoms with E-state index in [0.29, 0.717) is 5.69 Å². The van der Waals surface area contributed by atoms with Crippen molar-refractivity contribution in [2.45, 2.75) is 31.1 Å². The summed E-state index contributed by atoms with van der Waals surface area (Å²) >= 11 is 0. The molecule has 1 unspecified atom stereocenters. The van der Waals surface area contributed by atoms with Crippen LogP contribution in [0.15, 0.2) is 41.3 Å². The molecule has 3 rings (SSSR count). The van der Waals surface area contributed by atoms with Gasteiger partial charge in [-0.1, -0.05) is 6.07 Å². The number of nitrogens with zero attached hydrogens (tertiary/aromatic N) is 2. The molecule has 2 heterocycles. The van der Waals surface area contributed by atoms with Crippen LogP contribution in [0.5, 0.6) is 5.75 Å². The van der Waals surface area contributed by atoms with Gasteiger partial charge in [-0.15, -0.1) is 0 Å². The number of urea groups is 1. The Balaban J connectivity index is 1.65. The standard InChI is InChI=1S/C19H23FN4O5S/c1-13(20)12-29-16-4-3-5-17(8-16)30(27,28)21-9-14-6-7-15(23(14)2)10-24-11-18(25)22-19(24)26/h3-8,13,21H,9-12H2,1-2H3,(H,22,25,26). The number of aromatic nitrogens is 1. The molecule has 9 nitrogen and oxygen atoms in total. The van der Waals surface area contributed by atoms with Gasteiger partial charge < -0.3 is 14.2 Å². The number of amides is 3. The zero-order valence-corrected chi connectivity index (χ0v) is 17.4. The molecular formula is C19H23FN4O5S. The first-order valence-electron chi connectivity index (χ1n) is 9.24. The van der Waals surface area contributed by atoms with Crippen LogP contribution in [0.3, 0.4) is 0 Å². The molecule has 1 fully saturated rings. The Kier molecular flexibility index (Phi) is 6.42. The van der Waals surface area contributed by atoms with Crippen LogP contribution in [0.2, 0.25) is 0 Å². The summed E-state index contributed by atoms with van der Waals surface area (Å²) in [5.74, 6) is -0.0867. The molecule has 0 spiro atoms. The fourth-order valence-electron chi connectivity index (χ4n) is 2.94. The normalized spacial score (nSPS) is 15.4. The summed E-state index contributed by atoms with van der Waals surface area (Å²) < 4.78 is 47.7. The molecule has 1 aromatic carbocycles. The summed E-state index contributed by atoms with van der Waals surface area (Å²) in [7, 11) is -2.07. The maximum absolute atomic E-state index is 12.9. The Hall–Kier alpha value is -2.92. The molecule has 1 aliphatic rings. The molecule has 1 aromatic heterocycles. The summed E-state index contributed by atoms with van der Waals surface area (Å²) in [6.45, 7) is 1.43. The van der Waals surface area contributed by atoms with Gasteiger partial charge in [0.15, 0.2) is 0 Å². The van der Waals surface area contributed by atoms with Crippen molar-refractivity contribution in [1.82, 2.24) is 19.5 Å². The number of rotatable bonds is 9. The average Bonchev–Trinajstić information content (AvgIpc) is 3.20. The molecule has 11 heteroatoms. The maximum Gasteiger partial charge on any atom is 0.324 e. The van der Waals surface area contributed by atoms with Crippen LogP contribution in [0.1, 0.15) is 18.3 Å². The van der Waals surface area contributed by atoms with E-state index in [-0.39, 0.29) is 42.8 Å². The number of benzene rings is 1. The van der Waals surface area contributed by atoms with Gasteiger partial charge in [0, 0.05) is 24.5 Å². The highest BCUT2D eigenvalue weighted by atomic mass is 32.2. The second-order valence-electron chi connectivity index (χ2n) is 6.98. The number of nitrogens with one attached hydrogen (secondary N) is 2. The molecule has 3 amide bonds. The Morgan fingerprint density at radius 2 is 1.97 bits per heavy atom.